The molecule has 1 fully saturated rings. The molecule has 1 aliphatic heterocycles. The van der Waals surface area contributed by atoms with Crippen LogP contribution in [0, 0.1) is 10.1 Å². The number of halogens is 3. The summed E-state index contributed by atoms with van der Waals surface area (Å²) in [4.78, 5) is 26.5. The Balaban J connectivity index is 1.57. The summed E-state index contributed by atoms with van der Waals surface area (Å²) >= 11 is 5.34. The van der Waals surface area contributed by atoms with Gasteiger partial charge in [0.15, 0.2) is 5.11 Å². The lowest BCUT2D eigenvalue weighted by molar-refractivity contribution is -0.384. The second kappa shape index (κ2) is 11.3. The van der Waals surface area contributed by atoms with Crippen molar-refractivity contribution in [1.82, 2.24) is 10.2 Å². The van der Waals surface area contributed by atoms with Crippen LogP contribution < -0.4 is 15.0 Å². The maximum absolute atomic E-state index is 13.0. The quantitative estimate of drug-likeness (QED) is 0.252. The van der Waals surface area contributed by atoms with E-state index >= 15 is 0 Å². The van der Waals surface area contributed by atoms with E-state index in [0.29, 0.717) is 37.1 Å². The highest BCUT2D eigenvalue weighted by atomic mass is 32.1. The first kappa shape index (κ1) is 26.2. The van der Waals surface area contributed by atoms with Crippen LogP contribution in [-0.4, -0.2) is 53.6 Å². The standard InChI is InChI=1S/C23H25F3N4O4S/c1-2-3-14-34-18-7-4-16(5-8-18)21(31)27-22(35)29-12-10-28(11-13-29)19-9-6-17(23(24,25)26)15-20(19)30(32)33/h4-9,15H,2-3,10-14H2,1H3,(H,27,31,35). The molecular formula is C23H25F3N4O4S. The lowest BCUT2D eigenvalue weighted by Gasteiger charge is -2.37. The number of alkyl halides is 3. The molecule has 0 radical (unpaired) electrons. The normalized spacial score (nSPS) is 13.9. The lowest BCUT2D eigenvalue weighted by Crippen LogP contribution is -2.52. The van der Waals surface area contributed by atoms with Crippen LogP contribution >= 0.6 is 12.2 Å². The molecule has 0 aromatic heterocycles. The molecule has 2 aromatic carbocycles. The maximum Gasteiger partial charge on any atom is 0.416 e. The minimum absolute atomic E-state index is 0.110. The third kappa shape index (κ3) is 6.81. The fourth-order valence-corrected chi connectivity index (χ4v) is 3.82. The summed E-state index contributed by atoms with van der Waals surface area (Å²) in [6.45, 7) is 3.91. The summed E-state index contributed by atoms with van der Waals surface area (Å²) < 4.78 is 44.5. The second-order valence-electron chi connectivity index (χ2n) is 7.92. The number of rotatable bonds is 7. The van der Waals surface area contributed by atoms with Gasteiger partial charge in [0.1, 0.15) is 11.4 Å². The van der Waals surface area contributed by atoms with Gasteiger partial charge in [0, 0.05) is 37.8 Å². The molecule has 1 heterocycles. The number of ether oxygens (including phenoxy) is 1. The third-order valence-electron chi connectivity index (χ3n) is 5.51. The fourth-order valence-electron chi connectivity index (χ4n) is 3.55. The Morgan fingerprint density at radius 2 is 1.80 bits per heavy atom. The largest absolute Gasteiger partial charge is 0.494 e. The Morgan fingerprint density at radius 1 is 1.14 bits per heavy atom. The summed E-state index contributed by atoms with van der Waals surface area (Å²) in [5.74, 6) is 0.293. The first-order chi connectivity index (χ1) is 16.6. The van der Waals surface area contributed by atoms with Crippen LogP contribution in [0.2, 0.25) is 0 Å². The molecule has 188 valence electrons. The molecule has 1 amide bonds. The number of anilines is 1. The van der Waals surface area contributed by atoms with Crippen LogP contribution in [0.15, 0.2) is 42.5 Å². The summed E-state index contributed by atoms with van der Waals surface area (Å²) in [7, 11) is 0. The summed E-state index contributed by atoms with van der Waals surface area (Å²) in [6, 6.07) is 9.20. The van der Waals surface area contributed by atoms with E-state index in [-0.39, 0.29) is 29.8 Å². The van der Waals surface area contributed by atoms with Gasteiger partial charge in [-0.05, 0) is 55.0 Å². The zero-order valence-electron chi connectivity index (χ0n) is 19.0. The van der Waals surface area contributed by atoms with Crippen LogP contribution in [0.4, 0.5) is 24.5 Å². The SMILES string of the molecule is CCCCOc1ccc(C(=O)NC(=S)N2CCN(c3ccc(C(F)(F)F)cc3[N+](=O)[O-])CC2)cc1. The van der Waals surface area contributed by atoms with E-state index in [0.717, 1.165) is 25.0 Å². The van der Waals surface area contributed by atoms with Gasteiger partial charge in [-0.25, -0.2) is 0 Å². The van der Waals surface area contributed by atoms with Gasteiger partial charge in [0.05, 0.1) is 17.1 Å². The Bertz CT molecular complexity index is 1070. The predicted octanol–water partition coefficient (Wildman–Crippen LogP) is 4.63. The number of carbonyl (C=O) groups is 1. The van der Waals surface area contributed by atoms with Crippen molar-refractivity contribution >= 4 is 34.6 Å². The number of carbonyl (C=O) groups excluding carboxylic acids is 1. The molecule has 0 aliphatic carbocycles. The highest BCUT2D eigenvalue weighted by molar-refractivity contribution is 7.80. The molecule has 12 heteroatoms. The van der Waals surface area contributed by atoms with Crippen molar-refractivity contribution < 1.29 is 27.6 Å². The monoisotopic (exact) mass is 510 g/mol. The van der Waals surface area contributed by atoms with E-state index in [1.807, 2.05) is 0 Å². The van der Waals surface area contributed by atoms with Crippen LogP contribution in [0.25, 0.3) is 0 Å². The number of hydrogen-bond donors (Lipinski definition) is 1. The zero-order valence-corrected chi connectivity index (χ0v) is 19.8. The number of thiocarbonyl (C=S) groups is 1. The Labute approximate surface area is 205 Å². The van der Waals surface area contributed by atoms with Crippen molar-refractivity contribution in [3.63, 3.8) is 0 Å². The van der Waals surface area contributed by atoms with Gasteiger partial charge in [-0.15, -0.1) is 0 Å². The number of unbranched alkanes of at least 4 members (excludes halogenated alkanes) is 1. The lowest BCUT2D eigenvalue weighted by atomic mass is 10.1. The van der Waals surface area contributed by atoms with Crippen molar-refractivity contribution in [3.05, 3.63) is 63.7 Å². The third-order valence-corrected chi connectivity index (χ3v) is 5.87. The van der Waals surface area contributed by atoms with Crippen molar-refractivity contribution in [2.24, 2.45) is 0 Å². The molecule has 1 saturated heterocycles. The molecule has 3 rings (SSSR count). The molecule has 8 nitrogen and oxygen atoms in total. The first-order valence-electron chi connectivity index (χ1n) is 11.0. The molecule has 0 spiro atoms. The van der Waals surface area contributed by atoms with Gasteiger partial charge < -0.3 is 14.5 Å². The molecule has 0 atom stereocenters. The summed E-state index contributed by atoms with van der Waals surface area (Å²) in [5.41, 5.74) is -1.16. The van der Waals surface area contributed by atoms with E-state index in [4.69, 9.17) is 17.0 Å². The summed E-state index contributed by atoms with van der Waals surface area (Å²) in [5, 5.41) is 14.3. The van der Waals surface area contributed by atoms with E-state index in [1.165, 1.54) is 0 Å². The molecule has 35 heavy (non-hydrogen) atoms. The minimum Gasteiger partial charge on any atom is -0.494 e. The van der Waals surface area contributed by atoms with Crippen molar-refractivity contribution in [2.75, 3.05) is 37.7 Å². The number of nitrogens with one attached hydrogen (secondary N) is 1. The van der Waals surface area contributed by atoms with Crippen molar-refractivity contribution in [3.8, 4) is 5.75 Å². The van der Waals surface area contributed by atoms with Gasteiger partial charge in [-0.2, -0.15) is 13.2 Å². The number of nitro groups is 1. The molecular weight excluding hydrogens is 485 g/mol. The van der Waals surface area contributed by atoms with Crippen LogP contribution in [0.3, 0.4) is 0 Å². The smallest absolute Gasteiger partial charge is 0.416 e. The van der Waals surface area contributed by atoms with Crippen molar-refractivity contribution in [2.45, 2.75) is 25.9 Å². The molecule has 1 N–H and O–H groups in total. The average Bonchev–Trinajstić information content (AvgIpc) is 2.83. The van der Waals surface area contributed by atoms with Crippen LogP contribution in [0.5, 0.6) is 5.75 Å². The van der Waals surface area contributed by atoms with E-state index in [9.17, 15) is 28.1 Å². The van der Waals surface area contributed by atoms with Crippen LogP contribution in [-0.2, 0) is 6.18 Å². The first-order valence-corrected chi connectivity index (χ1v) is 11.4. The number of nitrogens with zero attached hydrogens (tertiary/aromatic N) is 3. The number of piperazine rings is 1. The maximum atomic E-state index is 13.0. The van der Waals surface area contributed by atoms with Gasteiger partial charge in [0.2, 0.25) is 0 Å². The van der Waals surface area contributed by atoms with Gasteiger partial charge in [-0.1, -0.05) is 13.3 Å². The average molecular weight is 511 g/mol. The summed E-state index contributed by atoms with van der Waals surface area (Å²) in [6.07, 6.45) is -2.71. The molecule has 0 saturated carbocycles. The van der Waals surface area contributed by atoms with Gasteiger partial charge >= 0.3 is 6.18 Å². The van der Waals surface area contributed by atoms with Gasteiger partial charge in [-0.3, -0.25) is 20.2 Å². The number of hydrogen-bond acceptors (Lipinski definition) is 6. The molecule has 0 bridgehead atoms. The van der Waals surface area contributed by atoms with E-state index in [1.54, 1.807) is 34.1 Å². The molecule has 1 aliphatic rings. The van der Waals surface area contributed by atoms with Crippen LogP contribution in [0.1, 0.15) is 35.7 Å². The van der Waals surface area contributed by atoms with Gasteiger partial charge in [0.25, 0.3) is 11.6 Å². The van der Waals surface area contributed by atoms with E-state index in [2.05, 4.69) is 12.2 Å². The van der Waals surface area contributed by atoms with E-state index < -0.39 is 22.4 Å². The topological polar surface area (TPSA) is 88.0 Å². The Morgan fingerprint density at radius 3 is 2.37 bits per heavy atom. The second-order valence-corrected chi connectivity index (χ2v) is 8.30. The Kier molecular flexibility index (Phi) is 8.49. The Hall–Kier alpha value is -3.41. The fraction of sp³-hybridized carbons (Fsp3) is 0.391. The zero-order chi connectivity index (χ0) is 25.6. The highest BCUT2D eigenvalue weighted by Gasteiger charge is 2.34. The molecule has 0 unspecified atom stereocenters. The number of amides is 1. The van der Waals surface area contributed by atoms with Crippen molar-refractivity contribution in [1.29, 1.82) is 0 Å². The molecule has 2 aromatic rings. The number of nitro benzene ring substituents is 1. The minimum atomic E-state index is -4.67. The predicted molar refractivity (Wildman–Crippen MR) is 129 cm³/mol. The highest BCUT2D eigenvalue weighted by Crippen LogP contribution is 2.36. The number of benzene rings is 2.